The second-order valence-corrected chi connectivity index (χ2v) is 12.0. The van der Waals surface area contributed by atoms with Gasteiger partial charge in [0.2, 0.25) is 12.6 Å². The van der Waals surface area contributed by atoms with Crippen LogP contribution in [0.3, 0.4) is 0 Å². The van der Waals surface area contributed by atoms with Gasteiger partial charge >= 0.3 is 11.9 Å². The molecule has 1 fully saturated rings. The first-order valence-corrected chi connectivity index (χ1v) is 14.9. The molecule has 1 aromatic rings. The summed E-state index contributed by atoms with van der Waals surface area (Å²) >= 11 is 0. The van der Waals surface area contributed by atoms with Crippen LogP contribution in [0, 0.1) is 18.3 Å². The summed E-state index contributed by atoms with van der Waals surface area (Å²) in [4.78, 5) is 57.0. The zero-order valence-corrected chi connectivity index (χ0v) is 26.3. The maximum atomic E-state index is 14.0. The van der Waals surface area contributed by atoms with Gasteiger partial charge in [-0.05, 0) is 47.6 Å². The van der Waals surface area contributed by atoms with E-state index in [9.17, 15) is 24.4 Å². The molecule has 12 nitrogen and oxygen atoms in total. The average molecular weight is 618 g/mol. The third kappa shape index (κ3) is 4.40. The minimum absolute atomic E-state index is 0.00268. The lowest BCUT2D eigenvalue weighted by atomic mass is 9.69. The third-order valence-corrected chi connectivity index (χ3v) is 9.79. The number of Topliss-reactive ketones (excluding diaryl/α,β-unsaturated/α-hetero) is 2. The fourth-order valence-electron chi connectivity index (χ4n) is 7.66. The Morgan fingerprint density at radius 1 is 1.09 bits per heavy atom. The molecule has 0 N–H and O–H groups in total. The topological polar surface area (TPSA) is 145 Å². The molecule has 2 bridgehead atoms. The van der Waals surface area contributed by atoms with Crippen molar-refractivity contribution in [1.29, 1.82) is 5.26 Å². The minimum Gasteiger partial charge on any atom is -0.492 e. The van der Waals surface area contributed by atoms with E-state index in [0.29, 0.717) is 50.7 Å². The zero-order chi connectivity index (χ0) is 32.5. The highest BCUT2D eigenvalue weighted by Gasteiger charge is 2.59. The van der Waals surface area contributed by atoms with Gasteiger partial charge < -0.3 is 23.7 Å². The predicted molar refractivity (Wildman–Crippen MR) is 157 cm³/mol. The summed E-state index contributed by atoms with van der Waals surface area (Å²) in [5, 5.41) is 10.7. The third-order valence-electron chi connectivity index (χ3n) is 9.79. The van der Waals surface area contributed by atoms with Gasteiger partial charge in [-0.1, -0.05) is 6.08 Å². The Labute approximate surface area is 260 Å². The number of nitrogens with zero attached hydrogens (tertiary/aromatic N) is 3. The normalized spacial score (nSPS) is 27.4. The van der Waals surface area contributed by atoms with Crippen molar-refractivity contribution in [2.24, 2.45) is 0 Å². The molecule has 1 aliphatic carbocycles. The number of rotatable bonds is 5. The zero-order valence-electron chi connectivity index (χ0n) is 26.3. The molecule has 1 saturated heterocycles. The number of ether oxygens (including phenoxy) is 5. The number of methoxy groups -OCH3 is 1. The molecular formula is C33H35N3O9. The monoisotopic (exact) mass is 617 g/mol. The second-order valence-electron chi connectivity index (χ2n) is 12.0. The summed E-state index contributed by atoms with van der Waals surface area (Å²) < 4.78 is 28.9. The van der Waals surface area contributed by atoms with Crippen molar-refractivity contribution in [3.8, 4) is 23.3 Å². The minimum atomic E-state index is -0.766. The number of fused-ring (bicyclic) bond motifs is 8. The van der Waals surface area contributed by atoms with E-state index in [2.05, 4.69) is 6.07 Å². The molecule has 6 rings (SSSR count). The standard InChI is InChI=1S/C33H35N3O9/c1-8-14(2)33(40)42-12-23-24-19(29(45-17(5)37)16(4)31-32(24)44-13-43-31)10-21-26-25-18(27(38)15(3)30(41-7)28(25)39)9-20(35(26)6)22(11-34)36(21)23/h8,20-23,26H,9-10,12-13H2,1-7H3/b14-8-/t20-,21-,22-,23-,26+/m0/s1. The molecule has 0 unspecified atom stereocenters. The van der Waals surface area contributed by atoms with Gasteiger partial charge in [-0.25, -0.2) is 4.79 Å². The number of nitriles is 1. The van der Waals surface area contributed by atoms with E-state index in [1.54, 1.807) is 33.8 Å². The number of likely N-dealkylation sites (N-methyl/N-ethyl adjacent to an activating group) is 1. The van der Waals surface area contributed by atoms with Crippen LogP contribution >= 0.6 is 0 Å². The van der Waals surface area contributed by atoms with Gasteiger partial charge in [-0.15, -0.1) is 0 Å². The van der Waals surface area contributed by atoms with Crippen LogP contribution in [-0.2, 0) is 35.1 Å². The molecular weight excluding hydrogens is 582 g/mol. The van der Waals surface area contributed by atoms with E-state index in [0.717, 1.165) is 0 Å². The summed E-state index contributed by atoms with van der Waals surface area (Å²) in [6.45, 7) is 7.82. The predicted octanol–water partition coefficient (Wildman–Crippen LogP) is 2.77. The molecule has 4 aliphatic heterocycles. The fourth-order valence-corrected chi connectivity index (χ4v) is 7.66. The Morgan fingerprint density at radius 2 is 1.80 bits per heavy atom. The van der Waals surface area contributed by atoms with Crippen LogP contribution in [0.5, 0.6) is 17.2 Å². The lowest BCUT2D eigenvalue weighted by Gasteiger charge is -2.60. The maximum absolute atomic E-state index is 14.0. The number of carbonyl (C=O) groups is 4. The second kappa shape index (κ2) is 11.2. The fraction of sp³-hybridized carbons (Fsp3) is 0.485. The Kier molecular flexibility index (Phi) is 7.57. The van der Waals surface area contributed by atoms with Crippen molar-refractivity contribution >= 4 is 23.5 Å². The summed E-state index contributed by atoms with van der Waals surface area (Å²) in [6.07, 6.45) is 2.07. The van der Waals surface area contributed by atoms with Crippen molar-refractivity contribution < 1.29 is 42.9 Å². The smallest absolute Gasteiger partial charge is 0.333 e. The lowest BCUT2D eigenvalue weighted by Crippen LogP contribution is -2.72. The first-order chi connectivity index (χ1) is 21.5. The van der Waals surface area contributed by atoms with Crippen molar-refractivity contribution in [1.82, 2.24) is 9.80 Å². The van der Waals surface area contributed by atoms with Crippen LogP contribution in [0.4, 0.5) is 0 Å². The largest absolute Gasteiger partial charge is 0.492 e. The van der Waals surface area contributed by atoms with Crippen LogP contribution in [-0.4, -0.2) is 85.0 Å². The number of ketones is 2. The van der Waals surface area contributed by atoms with Crippen LogP contribution in [0.15, 0.2) is 34.1 Å². The van der Waals surface area contributed by atoms with Crippen molar-refractivity contribution in [3.05, 3.63) is 50.8 Å². The number of esters is 2. The molecule has 0 saturated carbocycles. The number of benzene rings is 1. The molecule has 0 aromatic heterocycles. The average Bonchev–Trinajstić information content (AvgIpc) is 3.50. The maximum Gasteiger partial charge on any atom is 0.333 e. The van der Waals surface area contributed by atoms with Gasteiger partial charge in [-0.3, -0.25) is 24.2 Å². The molecule has 0 spiro atoms. The van der Waals surface area contributed by atoms with Crippen LogP contribution in [0.2, 0.25) is 0 Å². The number of hydrogen-bond donors (Lipinski definition) is 0. The first-order valence-electron chi connectivity index (χ1n) is 14.9. The number of allylic oxidation sites excluding steroid dienone is 3. The molecule has 4 heterocycles. The SMILES string of the molecule is C/C=C(/C)C(=O)OC[C@H]1c2c(c(OC(C)=O)c(C)c3c2OCO3)C[C@H]2[C@@H]3C4=C(C[C@@H]([C@H](C#N)N12)N3C)C(=O)C(C)=C(OC)C4=O. The summed E-state index contributed by atoms with van der Waals surface area (Å²) in [7, 11) is 3.22. The number of hydrogen-bond acceptors (Lipinski definition) is 12. The van der Waals surface area contributed by atoms with Gasteiger partial charge in [-0.2, -0.15) is 5.26 Å². The molecule has 5 aliphatic rings. The van der Waals surface area contributed by atoms with Crippen LogP contribution in [0.25, 0.3) is 0 Å². The van der Waals surface area contributed by atoms with Crippen LogP contribution < -0.4 is 14.2 Å². The molecule has 236 valence electrons. The Morgan fingerprint density at radius 3 is 2.44 bits per heavy atom. The highest BCUT2D eigenvalue weighted by atomic mass is 16.7. The van der Waals surface area contributed by atoms with Gasteiger partial charge in [0.1, 0.15) is 18.4 Å². The van der Waals surface area contributed by atoms with Gasteiger partial charge in [0, 0.05) is 58.0 Å². The molecule has 12 heteroatoms. The number of carbonyl (C=O) groups excluding carboxylic acids is 4. The van der Waals surface area contributed by atoms with E-state index >= 15 is 0 Å². The Balaban J connectivity index is 1.59. The van der Waals surface area contributed by atoms with E-state index in [1.165, 1.54) is 14.0 Å². The summed E-state index contributed by atoms with van der Waals surface area (Å²) in [6, 6.07) is -0.685. The molecule has 0 radical (unpaired) electrons. The van der Waals surface area contributed by atoms with E-state index in [-0.39, 0.29) is 49.1 Å². The van der Waals surface area contributed by atoms with E-state index in [4.69, 9.17) is 23.7 Å². The first kappa shape index (κ1) is 30.6. The van der Waals surface area contributed by atoms with Crippen molar-refractivity contribution in [2.45, 2.75) is 77.7 Å². The molecule has 45 heavy (non-hydrogen) atoms. The Hall–Kier alpha value is -4.47. The van der Waals surface area contributed by atoms with Gasteiger partial charge in [0.25, 0.3) is 0 Å². The number of piperazine rings is 1. The quantitative estimate of drug-likeness (QED) is 0.207. The highest BCUT2D eigenvalue weighted by molar-refractivity contribution is 6.25. The van der Waals surface area contributed by atoms with E-state index < -0.39 is 42.1 Å². The lowest BCUT2D eigenvalue weighted by molar-refractivity contribution is -0.144. The van der Waals surface area contributed by atoms with Crippen molar-refractivity contribution in [2.75, 3.05) is 27.6 Å². The van der Waals surface area contributed by atoms with Gasteiger partial charge in [0.15, 0.2) is 23.0 Å². The molecule has 1 aromatic carbocycles. The van der Waals surface area contributed by atoms with Crippen molar-refractivity contribution in [3.63, 3.8) is 0 Å². The summed E-state index contributed by atoms with van der Waals surface area (Å²) in [5.41, 5.74) is 3.18. The van der Waals surface area contributed by atoms with Crippen LogP contribution in [0.1, 0.15) is 56.8 Å². The summed E-state index contributed by atoms with van der Waals surface area (Å²) in [5.74, 6) is -0.541. The Bertz CT molecular complexity index is 1700. The van der Waals surface area contributed by atoms with E-state index in [1.807, 2.05) is 16.8 Å². The molecule has 5 atom stereocenters. The van der Waals surface area contributed by atoms with Gasteiger partial charge in [0.05, 0.1) is 25.3 Å². The molecule has 0 amide bonds. The highest BCUT2D eigenvalue weighted by Crippen LogP contribution is 2.56.